The summed E-state index contributed by atoms with van der Waals surface area (Å²) in [7, 11) is 3.83. The lowest BCUT2D eigenvalue weighted by Gasteiger charge is -2.15. The summed E-state index contributed by atoms with van der Waals surface area (Å²) < 4.78 is 0. The highest BCUT2D eigenvalue weighted by atomic mass is 16.1. The number of anilines is 1. The Kier molecular flexibility index (Phi) is 4.57. The summed E-state index contributed by atoms with van der Waals surface area (Å²) in [6.45, 7) is 0. The third-order valence-electron chi connectivity index (χ3n) is 3.16. The average molecular weight is 279 g/mol. The minimum Gasteiger partial charge on any atom is -0.378 e. The lowest BCUT2D eigenvalue weighted by molar-refractivity contribution is 0.0945. The molecular formula is C17H17N3O. The second-order valence-corrected chi connectivity index (χ2v) is 4.89. The lowest BCUT2D eigenvalue weighted by Crippen LogP contribution is -2.27. The number of benzene rings is 2. The first kappa shape index (κ1) is 14.6. The van der Waals surface area contributed by atoms with Crippen LogP contribution in [0.15, 0.2) is 54.6 Å². The molecule has 0 spiro atoms. The molecule has 106 valence electrons. The van der Waals surface area contributed by atoms with E-state index >= 15 is 0 Å². The van der Waals surface area contributed by atoms with Gasteiger partial charge in [0.25, 0.3) is 5.91 Å². The Morgan fingerprint density at radius 3 is 2.48 bits per heavy atom. The number of amides is 1. The molecule has 2 rings (SSSR count). The first-order valence-electron chi connectivity index (χ1n) is 6.64. The van der Waals surface area contributed by atoms with Crippen molar-refractivity contribution < 1.29 is 4.79 Å². The van der Waals surface area contributed by atoms with E-state index in [1.165, 1.54) is 0 Å². The Labute approximate surface area is 124 Å². The van der Waals surface area contributed by atoms with E-state index in [-0.39, 0.29) is 5.91 Å². The quantitative estimate of drug-likeness (QED) is 0.936. The zero-order valence-electron chi connectivity index (χ0n) is 12.1. The molecule has 4 heteroatoms. The maximum Gasteiger partial charge on any atom is 0.252 e. The van der Waals surface area contributed by atoms with Crippen LogP contribution in [0.3, 0.4) is 0 Å². The van der Waals surface area contributed by atoms with E-state index in [9.17, 15) is 10.1 Å². The molecule has 21 heavy (non-hydrogen) atoms. The van der Waals surface area contributed by atoms with Crippen LogP contribution in [0.25, 0.3) is 0 Å². The van der Waals surface area contributed by atoms with Crippen LogP contribution >= 0.6 is 0 Å². The molecule has 0 saturated heterocycles. The zero-order chi connectivity index (χ0) is 15.2. The third kappa shape index (κ3) is 3.61. The number of carbonyl (C=O) groups excluding carboxylic acids is 1. The number of carbonyl (C=O) groups is 1. The van der Waals surface area contributed by atoms with Gasteiger partial charge in [0.1, 0.15) is 6.04 Å². The normalized spacial score (nSPS) is 11.3. The number of hydrogen-bond donors (Lipinski definition) is 1. The summed E-state index contributed by atoms with van der Waals surface area (Å²) >= 11 is 0. The Morgan fingerprint density at radius 2 is 1.86 bits per heavy atom. The molecule has 0 heterocycles. The number of nitrogens with zero attached hydrogens (tertiary/aromatic N) is 2. The third-order valence-corrected chi connectivity index (χ3v) is 3.16. The van der Waals surface area contributed by atoms with E-state index in [1.54, 1.807) is 12.1 Å². The number of hydrogen-bond acceptors (Lipinski definition) is 3. The number of rotatable bonds is 4. The molecule has 2 aromatic carbocycles. The van der Waals surface area contributed by atoms with Crippen LogP contribution in [0.5, 0.6) is 0 Å². The van der Waals surface area contributed by atoms with Gasteiger partial charge in [-0.15, -0.1) is 0 Å². The first-order chi connectivity index (χ1) is 10.1. The smallest absolute Gasteiger partial charge is 0.252 e. The maximum atomic E-state index is 12.3. The lowest BCUT2D eigenvalue weighted by atomic mass is 10.1. The molecule has 1 amide bonds. The summed E-state index contributed by atoms with van der Waals surface area (Å²) in [5.41, 5.74) is 2.25. The molecule has 4 nitrogen and oxygen atoms in total. The molecule has 0 fully saturated rings. The molecule has 0 radical (unpaired) electrons. The number of nitriles is 1. The van der Waals surface area contributed by atoms with Crippen molar-refractivity contribution in [3.05, 3.63) is 65.7 Å². The SMILES string of the molecule is CN(C)c1cccc(C(=O)NC(C#N)c2ccccc2)c1. The Bertz CT molecular complexity index is 659. The fraction of sp³-hybridized carbons (Fsp3) is 0.176. The molecule has 1 N–H and O–H groups in total. The molecular weight excluding hydrogens is 262 g/mol. The largest absolute Gasteiger partial charge is 0.378 e. The van der Waals surface area contributed by atoms with Crippen molar-refractivity contribution in [3.63, 3.8) is 0 Å². The van der Waals surface area contributed by atoms with Gasteiger partial charge in [-0.2, -0.15) is 5.26 Å². The van der Waals surface area contributed by atoms with Crippen molar-refractivity contribution in [2.45, 2.75) is 6.04 Å². The van der Waals surface area contributed by atoms with Crippen LogP contribution in [0.1, 0.15) is 22.0 Å². The highest BCUT2D eigenvalue weighted by Gasteiger charge is 2.15. The van der Waals surface area contributed by atoms with Crippen molar-refractivity contribution in [1.82, 2.24) is 5.32 Å². The highest BCUT2D eigenvalue weighted by Crippen LogP contribution is 2.16. The monoisotopic (exact) mass is 279 g/mol. The Hall–Kier alpha value is -2.80. The van der Waals surface area contributed by atoms with Crippen LogP contribution in [-0.4, -0.2) is 20.0 Å². The molecule has 0 bridgehead atoms. The molecule has 0 aromatic heterocycles. The average Bonchev–Trinajstić information content (AvgIpc) is 2.53. The second kappa shape index (κ2) is 6.58. The van der Waals surface area contributed by atoms with Gasteiger partial charge in [0, 0.05) is 25.3 Å². The summed E-state index contributed by atoms with van der Waals surface area (Å²) in [6.07, 6.45) is 0. The predicted octanol–water partition coefficient (Wildman–Crippen LogP) is 2.75. The molecule has 0 saturated carbocycles. The first-order valence-corrected chi connectivity index (χ1v) is 6.64. The highest BCUT2D eigenvalue weighted by molar-refractivity contribution is 5.95. The summed E-state index contributed by atoms with van der Waals surface area (Å²) in [5, 5.41) is 12.0. The van der Waals surface area contributed by atoms with Gasteiger partial charge in [0.05, 0.1) is 6.07 Å². The molecule has 0 aliphatic rings. The van der Waals surface area contributed by atoms with Crippen LogP contribution in [0, 0.1) is 11.3 Å². The van der Waals surface area contributed by atoms with Crippen LogP contribution in [-0.2, 0) is 0 Å². The predicted molar refractivity (Wildman–Crippen MR) is 83.0 cm³/mol. The van der Waals surface area contributed by atoms with Crippen molar-refractivity contribution in [2.75, 3.05) is 19.0 Å². The standard InChI is InChI=1S/C17H17N3O/c1-20(2)15-10-6-9-14(11-15)17(21)19-16(12-18)13-7-4-3-5-8-13/h3-11,16H,1-2H3,(H,19,21). The van der Waals surface area contributed by atoms with Gasteiger partial charge >= 0.3 is 0 Å². The van der Waals surface area contributed by atoms with Gasteiger partial charge in [0.2, 0.25) is 0 Å². The van der Waals surface area contributed by atoms with Crippen molar-refractivity contribution in [2.24, 2.45) is 0 Å². The maximum absolute atomic E-state index is 12.3. The van der Waals surface area contributed by atoms with E-state index in [2.05, 4.69) is 11.4 Å². The van der Waals surface area contributed by atoms with Gasteiger partial charge in [-0.3, -0.25) is 4.79 Å². The Balaban J connectivity index is 2.17. The number of nitrogens with one attached hydrogen (secondary N) is 1. The van der Waals surface area contributed by atoms with Crippen molar-refractivity contribution >= 4 is 11.6 Å². The Morgan fingerprint density at radius 1 is 1.14 bits per heavy atom. The van der Waals surface area contributed by atoms with Gasteiger partial charge in [-0.25, -0.2) is 0 Å². The molecule has 1 unspecified atom stereocenters. The van der Waals surface area contributed by atoms with E-state index in [4.69, 9.17) is 0 Å². The summed E-state index contributed by atoms with van der Waals surface area (Å²) in [5.74, 6) is -0.255. The second-order valence-electron chi connectivity index (χ2n) is 4.89. The van der Waals surface area contributed by atoms with E-state index in [0.717, 1.165) is 11.3 Å². The van der Waals surface area contributed by atoms with Gasteiger partial charge in [0.15, 0.2) is 0 Å². The van der Waals surface area contributed by atoms with Crippen LogP contribution < -0.4 is 10.2 Å². The van der Waals surface area contributed by atoms with Gasteiger partial charge < -0.3 is 10.2 Å². The molecule has 2 aromatic rings. The molecule has 0 aliphatic heterocycles. The minimum absolute atomic E-state index is 0.255. The van der Waals surface area contributed by atoms with Crippen molar-refractivity contribution in [3.8, 4) is 6.07 Å². The van der Waals surface area contributed by atoms with E-state index < -0.39 is 6.04 Å². The van der Waals surface area contributed by atoms with E-state index in [0.29, 0.717) is 5.56 Å². The molecule has 0 aliphatic carbocycles. The summed E-state index contributed by atoms with van der Waals surface area (Å²) in [4.78, 5) is 14.2. The van der Waals surface area contributed by atoms with Gasteiger partial charge in [-0.05, 0) is 23.8 Å². The zero-order valence-corrected chi connectivity index (χ0v) is 12.1. The fourth-order valence-electron chi connectivity index (χ4n) is 1.98. The topological polar surface area (TPSA) is 56.1 Å². The van der Waals surface area contributed by atoms with Gasteiger partial charge in [-0.1, -0.05) is 36.4 Å². The summed E-state index contributed by atoms with van der Waals surface area (Å²) in [6, 6.07) is 18.0. The van der Waals surface area contributed by atoms with Crippen molar-refractivity contribution in [1.29, 1.82) is 5.26 Å². The fourth-order valence-corrected chi connectivity index (χ4v) is 1.98. The van der Waals surface area contributed by atoms with Crippen LogP contribution in [0.2, 0.25) is 0 Å². The van der Waals surface area contributed by atoms with Crippen LogP contribution in [0.4, 0.5) is 5.69 Å². The molecule has 1 atom stereocenters. The minimum atomic E-state index is -0.651. The van der Waals surface area contributed by atoms with E-state index in [1.807, 2.05) is 61.5 Å².